The predicted molar refractivity (Wildman–Crippen MR) is 137 cm³/mol. The van der Waals surface area contributed by atoms with E-state index in [1.807, 2.05) is 12.1 Å². The van der Waals surface area contributed by atoms with E-state index in [0.717, 1.165) is 47.7 Å². The van der Waals surface area contributed by atoms with Crippen molar-refractivity contribution in [3.05, 3.63) is 95.8 Å². The Labute approximate surface area is 203 Å². The summed E-state index contributed by atoms with van der Waals surface area (Å²) in [5.74, 6) is 0.189. The summed E-state index contributed by atoms with van der Waals surface area (Å²) in [5.41, 5.74) is 3.37. The minimum Gasteiger partial charge on any atom is -0.356 e. The van der Waals surface area contributed by atoms with Gasteiger partial charge in [-0.15, -0.1) is 0 Å². The molecular weight excluding hydrogens is 445 g/mol. The first-order valence-corrected chi connectivity index (χ1v) is 12.7. The number of benzene rings is 3. The first-order valence-electron chi connectivity index (χ1n) is 11.9. The monoisotopic (exact) mass is 473 g/mol. The zero-order valence-electron chi connectivity index (χ0n) is 19.0. The Balaban J connectivity index is 1.15. The lowest BCUT2D eigenvalue weighted by atomic mass is 9.88. The normalized spacial score (nSPS) is 14.6. The first kappa shape index (κ1) is 22.5. The lowest BCUT2D eigenvalue weighted by molar-refractivity contribution is -0.125. The number of anilines is 1. The molecule has 3 aromatic carbocycles. The summed E-state index contributed by atoms with van der Waals surface area (Å²) in [6, 6.07) is 25.7. The van der Waals surface area contributed by atoms with Gasteiger partial charge in [-0.2, -0.15) is 0 Å². The second kappa shape index (κ2) is 10.3. The smallest absolute Gasteiger partial charge is 0.223 e. The quantitative estimate of drug-likeness (QED) is 0.359. The van der Waals surface area contributed by atoms with Crippen LogP contribution in [0.1, 0.15) is 36.3 Å². The fraction of sp³-hybridized carbons (Fsp3) is 0.286. The second-order valence-corrected chi connectivity index (χ2v) is 9.83. The fourth-order valence-electron chi connectivity index (χ4n) is 4.74. The van der Waals surface area contributed by atoms with E-state index in [1.165, 1.54) is 34.6 Å². The van der Waals surface area contributed by atoms with Crippen LogP contribution >= 0.6 is 11.3 Å². The molecule has 0 aliphatic carbocycles. The Morgan fingerprint density at radius 2 is 1.65 bits per heavy atom. The summed E-state index contributed by atoms with van der Waals surface area (Å²) in [6.07, 6.45) is 2.47. The molecule has 0 radical (unpaired) electrons. The maximum absolute atomic E-state index is 13.5. The molecule has 1 amide bonds. The Kier molecular flexibility index (Phi) is 6.86. The summed E-state index contributed by atoms with van der Waals surface area (Å²) >= 11 is 1.51. The van der Waals surface area contributed by atoms with Crippen LogP contribution in [-0.4, -0.2) is 30.5 Å². The van der Waals surface area contributed by atoms with Crippen molar-refractivity contribution in [2.24, 2.45) is 5.92 Å². The maximum atomic E-state index is 13.5. The largest absolute Gasteiger partial charge is 0.356 e. The molecule has 4 aromatic rings. The summed E-state index contributed by atoms with van der Waals surface area (Å²) in [5, 5.41) is 4.10. The summed E-state index contributed by atoms with van der Waals surface area (Å²) in [6.45, 7) is 2.23. The van der Waals surface area contributed by atoms with Crippen molar-refractivity contribution in [2.45, 2.75) is 25.2 Å². The van der Waals surface area contributed by atoms with Gasteiger partial charge in [0.2, 0.25) is 5.91 Å². The van der Waals surface area contributed by atoms with Crippen molar-refractivity contribution in [3.8, 4) is 0 Å². The van der Waals surface area contributed by atoms with E-state index in [2.05, 4.69) is 63.7 Å². The molecule has 6 heteroatoms. The average molecular weight is 474 g/mol. The van der Waals surface area contributed by atoms with E-state index in [9.17, 15) is 9.18 Å². The highest BCUT2D eigenvalue weighted by atomic mass is 32.1. The molecule has 34 heavy (non-hydrogen) atoms. The number of hydrogen-bond donors (Lipinski definition) is 1. The van der Waals surface area contributed by atoms with Gasteiger partial charge in [0.05, 0.1) is 10.2 Å². The minimum atomic E-state index is -0.236. The molecule has 1 aliphatic rings. The van der Waals surface area contributed by atoms with Gasteiger partial charge >= 0.3 is 0 Å². The highest BCUT2D eigenvalue weighted by molar-refractivity contribution is 7.22. The van der Waals surface area contributed by atoms with Gasteiger partial charge in [0.15, 0.2) is 5.13 Å². The Hall–Kier alpha value is -3.25. The fourth-order valence-corrected chi connectivity index (χ4v) is 5.78. The number of halogens is 1. The van der Waals surface area contributed by atoms with Crippen molar-refractivity contribution >= 4 is 32.6 Å². The number of nitrogens with zero attached hydrogens (tertiary/aromatic N) is 2. The topological polar surface area (TPSA) is 45.2 Å². The molecule has 1 saturated heterocycles. The number of carbonyl (C=O) groups is 1. The Bertz CT molecular complexity index is 1200. The van der Waals surface area contributed by atoms with Crippen LogP contribution in [0.15, 0.2) is 78.9 Å². The third kappa shape index (κ3) is 5.12. The van der Waals surface area contributed by atoms with Crippen LogP contribution < -0.4 is 10.2 Å². The highest BCUT2D eigenvalue weighted by Gasteiger charge is 2.26. The van der Waals surface area contributed by atoms with E-state index in [0.29, 0.717) is 6.54 Å². The Morgan fingerprint density at radius 1 is 1.00 bits per heavy atom. The Morgan fingerprint density at radius 3 is 2.29 bits per heavy atom. The van der Waals surface area contributed by atoms with Crippen molar-refractivity contribution < 1.29 is 9.18 Å². The highest BCUT2D eigenvalue weighted by Crippen LogP contribution is 2.32. The molecule has 0 atom stereocenters. The van der Waals surface area contributed by atoms with Gasteiger partial charge in [-0.1, -0.05) is 72.0 Å². The standard InChI is InChI=1S/C28H28FN3OS/c29-23-11-12-25-26(19-23)34-28(31-25)32-17-14-22(15-18-32)27(33)30-16-13-24(20-7-3-1-4-8-20)21-9-5-2-6-10-21/h1-12,19,22,24H,13-18H2,(H,30,33). The molecule has 1 aliphatic heterocycles. The molecule has 0 unspecified atom stereocenters. The van der Waals surface area contributed by atoms with Gasteiger partial charge in [0.1, 0.15) is 5.82 Å². The molecule has 4 nitrogen and oxygen atoms in total. The van der Waals surface area contributed by atoms with E-state index in [1.54, 1.807) is 6.07 Å². The molecule has 174 valence electrons. The summed E-state index contributed by atoms with van der Waals surface area (Å²) < 4.78 is 14.4. The lowest BCUT2D eigenvalue weighted by Gasteiger charge is -2.31. The van der Waals surface area contributed by atoms with E-state index >= 15 is 0 Å². The lowest BCUT2D eigenvalue weighted by Crippen LogP contribution is -2.41. The molecule has 0 spiro atoms. The molecule has 1 aromatic heterocycles. The number of carbonyl (C=O) groups excluding carboxylic acids is 1. The molecule has 5 rings (SSSR count). The SMILES string of the molecule is O=C(NCCC(c1ccccc1)c1ccccc1)C1CCN(c2nc3ccc(F)cc3s2)CC1. The van der Waals surface area contributed by atoms with Crippen LogP contribution in [0.4, 0.5) is 9.52 Å². The number of hydrogen-bond acceptors (Lipinski definition) is 4. The van der Waals surface area contributed by atoms with E-state index < -0.39 is 0 Å². The van der Waals surface area contributed by atoms with Crippen LogP contribution in [0.5, 0.6) is 0 Å². The summed E-state index contributed by atoms with van der Waals surface area (Å²) in [7, 11) is 0. The molecule has 1 fully saturated rings. The van der Waals surface area contributed by atoms with Gasteiger partial charge in [0, 0.05) is 31.5 Å². The maximum Gasteiger partial charge on any atom is 0.223 e. The molecular formula is C28H28FN3OS. The average Bonchev–Trinajstić information content (AvgIpc) is 3.31. The first-order chi connectivity index (χ1) is 16.7. The second-order valence-electron chi connectivity index (χ2n) is 8.82. The predicted octanol–water partition coefficient (Wildman–Crippen LogP) is 5.99. The molecule has 2 heterocycles. The van der Waals surface area contributed by atoms with Gasteiger partial charge in [-0.3, -0.25) is 4.79 Å². The number of fused-ring (bicyclic) bond motifs is 1. The third-order valence-corrected chi connectivity index (χ3v) is 7.69. The van der Waals surface area contributed by atoms with Crippen LogP contribution in [0.25, 0.3) is 10.2 Å². The van der Waals surface area contributed by atoms with Gasteiger partial charge in [0.25, 0.3) is 0 Å². The van der Waals surface area contributed by atoms with Crippen LogP contribution in [-0.2, 0) is 4.79 Å². The van der Waals surface area contributed by atoms with Gasteiger partial charge in [-0.25, -0.2) is 9.37 Å². The molecule has 0 saturated carbocycles. The number of piperidine rings is 1. The van der Waals surface area contributed by atoms with Crippen LogP contribution in [0, 0.1) is 11.7 Å². The van der Waals surface area contributed by atoms with Crippen LogP contribution in [0.3, 0.4) is 0 Å². The zero-order chi connectivity index (χ0) is 23.3. The van der Waals surface area contributed by atoms with Gasteiger partial charge in [-0.05, 0) is 48.6 Å². The third-order valence-electron chi connectivity index (χ3n) is 6.61. The number of aromatic nitrogens is 1. The number of rotatable bonds is 7. The molecule has 1 N–H and O–H groups in total. The molecule has 0 bridgehead atoms. The zero-order valence-corrected chi connectivity index (χ0v) is 19.8. The number of nitrogens with one attached hydrogen (secondary N) is 1. The van der Waals surface area contributed by atoms with Crippen molar-refractivity contribution in [1.29, 1.82) is 0 Å². The summed E-state index contributed by atoms with van der Waals surface area (Å²) in [4.78, 5) is 19.8. The van der Waals surface area contributed by atoms with Gasteiger partial charge < -0.3 is 10.2 Å². The van der Waals surface area contributed by atoms with Crippen molar-refractivity contribution in [2.75, 3.05) is 24.5 Å². The van der Waals surface area contributed by atoms with E-state index in [-0.39, 0.29) is 23.6 Å². The van der Waals surface area contributed by atoms with Crippen LogP contribution in [0.2, 0.25) is 0 Å². The number of thiazole rings is 1. The number of amides is 1. The van der Waals surface area contributed by atoms with Crippen molar-refractivity contribution in [3.63, 3.8) is 0 Å². The van der Waals surface area contributed by atoms with Crippen molar-refractivity contribution in [1.82, 2.24) is 10.3 Å². The minimum absolute atomic E-state index is 0.0231. The van der Waals surface area contributed by atoms with E-state index in [4.69, 9.17) is 0 Å².